The van der Waals surface area contributed by atoms with E-state index in [0.717, 1.165) is 33.3 Å². The first-order chi connectivity index (χ1) is 13.7. The van der Waals surface area contributed by atoms with Gasteiger partial charge in [-0.2, -0.15) is 0 Å². The molecule has 4 rings (SSSR count). The zero-order chi connectivity index (χ0) is 19.5. The van der Waals surface area contributed by atoms with Gasteiger partial charge in [-0.05, 0) is 29.3 Å². The van der Waals surface area contributed by atoms with Crippen molar-refractivity contribution in [3.05, 3.63) is 94.8 Å². The predicted molar refractivity (Wildman–Crippen MR) is 112 cm³/mol. The van der Waals surface area contributed by atoms with Gasteiger partial charge in [0.1, 0.15) is 5.75 Å². The number of methoxy groups -OCH3 is 2. The van der Waals surface area contributed by atoms with Crippen molar-refractivity contribution >= 4 is 10.9 Å². The van der Waals surface area contributed by atoms with Crippen LogP contribution in [0.1, 0.15) is 5.56 Å². The fourth-order valence-corrected chi connectivity index (χ4v) is 3.57. The van der Waals surface area contributed by atoms with Gasteiger partial charge in [0.05, 0.1) is 26.3 Å². The summed E-state index contributed by atoms with van der Waals surface area (Å²) in [5, 5.41) is 0.980. The summed E-state index contributed by atoms with van der Waals surface area (Å²) in [7, 11) is 3.19. The number of ether oxygens (including phenoxy) is 2. The maximum atomic E-state index is 13.4. The molecule has 0 saturated carbocycles. The second-order valence-corrected chi connectivity index (χ2v) is 6.53. The Bertz CT molecular complexity index is 1180. The summed E-state index contributed by atoms with van der Waals surface area (Å²) in [4.78, 5) is 13.4. The summed E-state index contributed by atoms with van der Waals surface area (Å²) < 4.78 is 12.7. The van der Waals surface area contributed by atoms with Crippen molar-refractivity contribution in [2.45, 2.75) is 6.54 Å². The Morgan fingerprint density at radius 1 is 0.821 bits per heavy atom. The quantitative estimate of drug-likeness (QED) is 0.509. The van der Waals surface area contributed by atoms with Crippen LogP contribution in [0.25, 0.3) is 22.0 Å². The van der Waals surface area contributed by atoms with E-state index in [1.165, 1.54) is 0 Å². The van der Waals surface area contributed by atoms with E-state index in [1.807, 2.05) is 78.9 Å². The van der Waals surface area contributed by atoms with Crippen molar-refractivity contribution in [2.75, 3.05) is 14.2 Å². The summed E-state index contributed by atoms with van der Waals surface area (Å²) in [5.41, 5.74) is 3.49. The highest BCUT2D eigenvalue weighted by molar-refractivity contribution is 5.97. The molecule has 4 heteroatoms. The lowest BCUT2D eigenvalue weighted by molar-refractivity contribution is 0.406. The normalized spacial score (nSPS) is 10.8. The molecule has 1 heterocycles. The molecule has 140 valence electrons. The van der Waals surface area contributed by atoms with Gasteiger partial charge in [-0.1, -0.05) is 60.7 Å². The second-order valence-electron chi connectivity index (χ2n) is 6.53. The second kappa shape index (κ2) is 7.61. The Morgan fingerprint density at radius 3 is 2.32 bits per heavy atom. The molecule has 0 N–H and O–H groups in total. The fourth-order valence-electron chi connectivity index (χ4n) is 3.57. The maximum absolute atomic E-state index is 13.4. The number of hydrogen-bond donors (Lipinski definition) is 0. The number of nitrogens with zero attached hydrogens (tertiary/aromatic N) is 1. The zero-order valence-electron chi connectivity index (χ0n) is 15.9. The minimum atomic E-state index is -0.150. The van der Waals surface area contributed by atoms with Crippen LogP contribution in [0.4, 0.5) is 0 Å². The Labute approximate surface area is 163 Å². The number of hydrogen-bond acceptors (Lipinski definition) is 3. The first-order valence-electron chi connectivity index (χ1n) is 9.11. The van der Waals surface area contributed by atoms with Gasteiger partial charge in [-0.3, -0.25) is 4.79 Å². The molecule has 0 aliphatic carbocycles. The smallest absolute Gasteiger partial charge is 0.294 e. The maximum Gasteiger partial charge on any atom is 0.294 e. The highest BCUT2D eigenvalue weighted by Gasteiger charge is 2.18. The van der Waals surface area contributed by atoms with Crippen molar-refractivity contribution in [3.8, 4) is 22.6 Å². The van der Waals surface area contributed by atoms with Gasteiger partial charge < -0.3 is 14.0 Å². The molecule has 0 bridgehead atoms. The monoisotopic (exact) mass is 371 g/mol. The molecule has 4 nitrogen and oxygen atoms in total. The van der Waals surface area contributed by atoms with E-state index in [1.54, 1.807) is 18.8 Å². The number of benzene rings is 3. The third-order valence-corrected chi connectivity index (χ3v) is 4.87. The van der Waals surface area contributed by atoms with Crippen molar-refractivity contribution in [1.82, 2.24) is 4.57 Å². The largest absolute Gasteiger partial charge is 0.497 e. The summed E-state index contributed by atoms with van der Waals surface area (Å²) in [6.07, 6.45) is 0. The molecule has 1 aromatic heterocycles. The molecule has 0 spiro atoms. The topological polar surface area (TPSA) is 40.5 Å². The summed E-state index contributed by atoms with van der Waals surface area (Å²) in [5.74, 6) is 1.12. The molecule has 0 fully saturated rings. The molecule has 0 atom stereocenters. The zero-order valence-corrected chi connectivity index (χ0v) is 15.9. The van der Waals surface area contributed by atoms with E-state index in [2.05, 4.69) is 0 Å². The molecular weight excluding hydrogens is 350 g/mol. The van der Waals surface area contributed by atoms with Crippen LogP contribution < -0.4 is 15.0 Å². The van der Waals surface area contributed by atoms with Crippen LogP contribution in [0.5, 0.6) is 11.5 Å². The minimum absolute atomic E-state index is 0.150. The standard InChI is InChI=1S/C24H21NO3/c1-27-19-12-8-9-17(15-19)16-25-21-14-7-6-13-20(21)22(23(28-2)24(25)26)18-10-4-3-5-11-18/h3-15H,16H2,1-2H3. The Morgan fingerprint density at radius 2 is 1.57 bits per heavy atom. The molecule has 3 aromatic carbocycles. The van der Waals surface area contributed by atoms with E-state index >= 15 is 0 Å². The van der Waals surface area contributed by atoms with Crippen LogP contribution in [0.2, 0.25) is 0 Å². The lowest BCUT2D eigenvalue weighted by Crippen LogP contribution is -2.23. The number of pyridine rings is 1. The fraction of sp³-hybridized carbons (Fsp3) is 0.125. The predicted octanol–water partition coefficient (Wildman–Crippen LogP) is 4.73. The first kappa shape index (κ1) is 17.9. The third kappa shape index (κ3) is 3.14. The summed E-state index contributed by atoms with van der Waals surface area (Å²) >= 11 is 0. The molecule has 4 aromatic rings. The molecule has 28 heavy (non-hydrogen) atoms. The van der Waals surface area contributed by atoms with Crippen molar-refractivity contribution in [2.24, 2.45) is 0 Å². The highest BCUT2D eigenvalue weighted by atomic mass is 16.5. The molecular formula is C24H21NO3. The molecule has 0 saturated heterocycles. The average Bonchev–Trinajstić information content (AvgIpc) is 2.76. The Kier molecular flexibility index (Phi) is 4.85. The van der Waals surface area contributed by atoms with Crippen LogP contribution in [0, 0.1) is 0 Å². The summed E-state index contributed by atoms with van der Waals surface area (Å²) in [6, 6.07) is 25.6. The number of para-hydroxylation sites is 1. The number of rotatable bonds is 5. The molecule has 0 unspecified atom stereocenters. The van der Waals surface area contributed by atoms with E-state index in [9.17, 15) is 4.79 Å². The van der Waals surface area contributed by atoms with Gasteiger partial charge in [0.25, 0.3) is 5.56 Å². The first-order valence-corrected chi connectivity index (χ1v) is 9.11. The van der Waals surface area contributed by atoms with Crippen LogP contribution in [0.15, 0.2) is 83.7 Å². The van der Waals surface area contributed by atoms with E-state index in [0.29, 0.717) is 12.3 Å². The van der Waals surface area contributed by atoms with E-state index < -0.39 is 0 Å². The lowest BCUT2D eigenvalue weighted by atomic mass is 9.99. The molecule has 0 aliphatic heterocycles. The molecule has 0 amide bonds. The SMILES string of the molecule is COc1cccc(Cn2c(=O)c(OC)c(-c3ccccc3)c3ccccc32)c1. The van der Waals surface area contributed by atoms with Gasteiger partial charge in [0.15, 0.2) is 5.75 Å². The van der Waals surface area contributed by atoms with Crippen LogP contribution in [0.3, 0.4) is 0 Å². The molecule has 0 radical (unpaired) electrons. The Balaban J connectivity index is 1.98. The van der Waals surface area contributed by atoms with Crippen molar-refractivity contribution < 1.29 is 9.47 Å². The van der Waals surface area contributed by atoms with E-state index in [-0.39, 0.29) is 5.56 Å². The van der Waals surface area contributed by atoms with Gasteiger partial charge >= 0.3 is 0 Å². The Hall–Kier alpha value is -3.53. The summed E-state index contributed by atoms with van der Waals surface area (Å²) in [6.45, 7) is 0.433. The highest BCUT2D eigenvalue weighted by Crippen LogP contribution is 2.34. The van der Waals surface area contributed by atoms with Gasteiger partial charge in [0, 0.05) is 10.9 Å². The minimum Gasteiger partial charge on any atom is -0.497 e. The van der Waals surface area contributed by atoms with Crippen molar-refractivity contribution in [3.63, 3.8) is 0 Å². The van der Waals surface area contributed by atoms with Crippen LogP contribution in [-0.2, 0) is 6.54 Å². The lowest BCUT2D eigenvalue weighted by Gasteiger charge is -2.17. The van der Waals surface area contributed by atoms with E-state index in [4.69, 9.17) is 9.47 Å². The third-order valence-electron chi connectivity index (χ3n) is 4.87. The van der Waals surface area contributed by atoms with Gasteiger partial charge in [0.2, 0.25) is 0 Å². The average molecular weight is 371 g/mol. The molecule has 0 aliphatic rings. The number of aromatic nitrogens is 1. The van der Waals surface area contributed by atoms with Gasteiger partial charge in [-0.25, -0.2) is 0 Å². The van der Waals surface area contributed by atoms with Crippen LogP contribution in [-0.4, -0.2) is 18.8 Å². The van der Waals surface area contributed by atoms with Crippen LogP contribution >= 0.6 is 0 Å². The number of fused-ring (bicyclic) bond motifs is 1. The van der Waals surface area contributed by atoms with Gasteiger partial charge in [-0.15, -0.1) is 0 Å². The van der Waals surface area contributed by atoms with Crippen molar-refractivity contribution in [1.29, 1.82) is 0 Å².